The molecule has 22 heavy (non-hydrogen) atoms. The monoisotopic (exact) mass is 301 g/mol. The van der Waals surface area contributed by atoms with Crippen LogP contribution in [0.15, 0.2) is 24.3 Å². The van der Waals surface area contributed by atoms with Gasteiger partial charge in [-0.3, -0.25) is 0 Å². The van der Waals surface area contributed by atoms with Crippen molar-refractivity contribution in [3.63, 3.8) is 0 Å². The Morgan fingerprint density at radius 3 is 3.09 bits per heavy atom. The van der Waals surface area contributed by atoms with Crippen molar-refractivity contribution in [3.8, 4) is 0 Å². The van der Waals surface area contributed by atoms with E-state index in [9.17, 15) is 9.90 Å². The molecule has 0 saturated carbocycles. The van der Waals surface area contributed by atoms with Crippen molar-refractivity contribution >= 4 is 16.9 Å². The zero-order valence-corrected chi connectivity index (χ0v) is 12.9. The highest BCUT2D eigenvalue weighted by molar-refractivity contribution is 5.84. The van der Waals surface area contributed by atoms with Gasteiger partial charge in [0.25, 0.3) is 0 Å². The summed E-state index contributed by atoms with van der Waals surface area (Å²) in [4.78, 5) is 17.2. The van der Waals surface area contributed by atoms with E-state index in [1.165, 1.54) is 10.9 Å². The van der Waals surface area contributed by atoms with Gasteiger partial charge >= 0.3 is 6.03 Å². The van der Waals surface area contributed by atoms with Gasteiger partial charge < -0.3 is 20.3 Å². The number of nitrogens with one attached hydrogen (secondary N) is 2. The number of H-pyrrole nitrogens is 1. The third kappa shape index (κ3) is 3.09. The predicted octanol–water partition coefficient (Wildman–Crippen LogP) is 2.19. The molecule has 1 fully saturated rings. The summed E-state index contributed by atoms with van der Waals surface area (Å²) < 4.78 is 0. The van der Waals surface area contributed by atoms with Gasteiger partial charge in [-0.1, -0.05) is 18.2 Å². The fraction of sp³-hybridized carbons (Fsp3) is 0.471. The van der Waals surface area contributed by atoms with Gasteiger partial charge in [-0.05, 0) is 37.8 Å². The van der Waals surface area contributed by atoms with E-state index in [1.807, 2.05) is 12.1 Å². The number of aliphatic hydroxyl groups is 1. The number of fused-ring (bicyclic) bond motifs is 1. The van der Waals surface area contributed by atoms with Crippen molar-refractivity contribution < 1.29 is 9.90 Å². The number of aliphatic hydroxyl groups excluding tert-OH is 1. The van der Waals surface area contributed by atoms with E-state index in [4.69, 9.17) is 0 Å². The van der Waals surface area contributed by atoms with Gasteiger partial charge in [0.15, 0.2) is 0 Å². The highest BCUT2D eigenvalue weighted by Crippen LogP contribution is 2.21. The largest absolute Gasteiger partial charge is 0.391 e. The quantitative estimate of drug-likeness (QED) is 0.813. The molecule has 1 aliphatic rings. The third-order valence-electron chi connectivity index (χ3n) is 4.36. The lowest BCUT2D eigenvalue weighted by Gasteiger charge is -2.30. The maximum absolute atomic E-state index is 12.1. The Kier molecular flexibility index (Phi) is 4.34. The number of aryl methyl sites for hydroxylation is 1. The average Bonchev–Trinajstić information content (AvgIpc) is 2.83. The minimum Gasteiger partial charge on any atom is -0.391 e. The second-order valence-electron chi connectivity index (χ2n) is 6.00. The van der Waals surface area contributed by atoms with Crippen LogP contribution in [0.1, 0.15) is 24.1 Å². The van der Waals surface area contributed by atoms with Crippen molar-refractivity contribution in [3.05, 3.63) is 35.5 Å². The molecule has 1 aromatic carbocycles. The predicted molar refractivity (Wildman–Crippen MR) is 87.0 cm³/mol. The van der Waals surface area contributed by atoms with Gasteiger partial charge in [0.1, 0.15) is 0 Å². The van der Waals surface area contributed by atoms with Gasteiger partial charge in [-0.15, -0.1) is 0 Å². The Bertz CT molecular complexity index is 665. The molecule has 3 N–H and O–H groups in total. The van der Waals surface area contributed by atoms with Gasteiger partial charge in [0.2, 0.25) is 0 Å². The molecule has 5 nitrogen and oxygen atoms in total. The SMILES string of the molecule is Cc1[nH]c2ccccc2c1CCNC(=O)N1CCC[C@H](O)C1. The number of aromatic amines is 1. The maximum atomic E-state index is 12.1. The Labute approximate surface area is 130 Å². The second-order valence-corrected chi connectivity index (χ2v) is 6.00. The molecule has 0 radical (unpaired) electrons. The lowest BCUT2D eigenvalue weighted by atomic mass is 10.1. The molecule has 0 aliphatic carbocycles. The summed E-state index contributed by atoms with van der Waals surface area (Å²) in [7, 11) is 0. The first-order chi connectivity index (χ1) is 10.6. The number of nitrogens with zero attached hydrogens (tertiary/aromatic N) is 1. The molecule has 0 spiro atoms. The molecule has 3 rings (SSSR count). The van der Waals surface area contributed by atoms with Crippen LogP contribution in [0.5, 0.6) is 0 Å². The first-order valence-corrected chi connectivity index (χ1v) is 7.92. The summed E-state index contributed by atoms with van der Waals surface area (Å²) in [5, 5.41) is 13.8. The van der Waals surface area contributed by atoms with Gasteiger partial charge in [0.05, 0.1) is 6.10 Å². The summed E-state index contributed by atoms with van der Waals surface area (Å²) in [6, 6.07) is 8.16. The van der Waals surface area contributed by atoms with Crippen LogP contribution in [0.3, 0.4) is 0 Å². The molecule has 1 aromatic heterocycles. The maximum Gasteiger partial charge on any atom is 0.317 e. The topological polar surface area (TPSA) is 68.4 Å². The minimum atomic E-state index is -0.379. The molecule has 1 atom stereocenters. The lowest BCUT2D eigenvalue weighted by Crippen LogP contribution is -2.47. The highest BCUT2D eigenvalue weighted by Gasteiger charge is 2.21. The van der Waals surface area contributed by atoms with Gasteiger partial charge in [-0.2, -0.15) is 0 Å². The fourth-order valence-electron chi connectivity index (χ4n) is 3.20. The number of hydrogen-bond donors (Lipinski definition) is 3. The fourth-order valence-corrected chi connectivity index (χ4v) is 3.20. The number of carbonyl (C=O) groups is 1. The molecule has 2 heterocycles. The van der Waals surface area contributed by atoms with Crippen molar-refractivity contribution in [2.24, 2.45) is 0 Å². The van der Waals surface area contributed by atoms with Crippen LogP contribution in [0, 0.1) is 6.92 Å². The number of carbonyl (C=O) groups excluding carboxylic acids is 1. The van der Waals surface area contributed by atoms with E-state index >= 15 is 0 Å². The van der Waals surface area contributed by atoms with Gasteiger partial charge in [0, 0.05) is 36.2 Å². The molecule has 2 aromatic rings. The van der Waals surface area contributed by atoms with Crippen LogP contribution in [-0.2, 0) is 6.42 Å². The number of amides is 2. The number of urea groups is 1. The molecular formula is C17H23N3O2. The normalized spacial score (nSPS) is 18.6. The van der Waals surface area contributed by atoms with Crippen LogP contribution in [0.4, 0.5) is 4.79 Å². The first-order valence-electron chi connectivity index (χ1n) is 7.92. The van der Waals surface area contributed by atoms with Crippen LogP contribution in [-0.4, -0.2) is 46.8 Å². The number of aromatic nitrogens is 1. The smallest absolute Gasteiger partial charge is 0.317 e. The molecule has 2 amide bonds. The number of likely N-dealkylation sites (tertiary alicyclic amines) is 1. The van der Waals surface area contributed by atoms with E-state index in [2.05, 4.69) is 29.4 Å². The van der Waals surface area contributed by atoms with E-state index in [-0.39, 0.29) is 12.1 Å². The Hall–Kier alpha value is -2.01. The standard InChI is InChI=1S/C17H23N3O2/c1-12-14(15-6-2-3-7-16(15)19-12)8-9-18-17(22)20-10-4-5-13(21)11-20/h2-3,6-7,13,19,21H,4-5,8-11H2,1H3,(H,18,22)/t13-/m0/s1. The van der Waals surface area contributed by atoms with Crippen molar-refractivity contribution in [2.75, 3.05) is 19.6 Å². The second kappa shape index (κ2) is 6.40. The third-order valence-corrected chi connectivity index (χ3v) is 4.36. The summed E-state index contributed by atoms with van der Waals surface area (Å²) in [6.45, 7) is 3.85. The Morgan fingerprint density at radius 2 is 2.27 bits per heavy atom. The first kappa shape index (κ1) is 14.9. The number of piperidine rings is 1. The highest BCUT2D eigenvalue weighted by atomic mass is 16.3. The Morgan fingerprint density at radius 1 is 1.45 bits per heavy atom. The van der Waals surface area contributed by atoms with E-state index in [0.717, 1.165) is 37.0 Å². The van der Waals surface area contributed by atoms with Crippen molar-refractivity contribution in [1.82, 2.24) is 15.2 Å². The zero-order valence-electron chi connectivity index (χ0n) is 12.9. The van der Waals surface area contributed by atoms with E-state index in [0.29, 0.717) is 13.1 Å². The summed E-state index contributed by atoms with van der Waals surface area (Å²) in [6.07, 6.45) is 2.09. The van der Waals surface area contributed by atoms with Gasteiger partial charge in [-0.25, -0.2) is 4.79 Å². The average molecular weight is 301 g/mol. The Balaban J connectivity index is 1.58. The number of rotatable bonds is 3. The number of benzene rings is 1. The summed E-state index contributed by atoms with van der Waals surface area (Å²) in [5.74, 6) is 0. The van der Waals surface area contributed by atoms with Crippen LogP contribution >= 0.6 is 0 Å². The number of hydrogen-bond acceptors (Lipinski definition) is 2. The van der Waals surface area contributed by atoms with E-state index < -0.39 is 0 Å². The van der Waals surface area contributed by atoms with Crippen molar-refractivity contribution in [1.29, 1.82) is 0 Å². The molecule has 1 aliphatic heterocycles. The van der Waals surface area contributed by atoms with Crippen LogP contribution in [0.2, 0.25) is 0 Å². The minimum absolute atomic E-state index is 0.0729. The molecule has 5 heteroatoms. The van der Waals surface area contributed by atoms with Crippen LogP contribution in [0.25, 0.3) is 10.9 Å². The lowest BCUT2D eigenvalue weighted by molar-refractivity contribution is 0.0843. The molecule has 0 unspecified atom stereocenters. The molecular weight excluding hydrogens is 278 g/mol. The summed E-state index contributed by atoms with van der Waals surface area (Å²) >= 11 is 0. The molecule has 0 bridgehead atoms. The molecule has 118 valence electrons. The van der Waals surface area contributed by atoms with Crippen molar-refractivity contribution in [2.45, 2.75) is 32.3 Å². The molecule has 1 saturated heterocycles. The van der Waals surface area contributed by atoms with E-state index in [1.54, 1.807) is 4.90 Å². The van der Waals surface area contributed by atoms with Crippen LogP contribution < -0.4 is 5.32 Å². The zero-order chi connectivity index (χ0) is 15.5. The number of para-hydroxylation sites is 1. The number of β-amino-alcohol motifs (C(OH)–C–C–N with tert-alkyl or cyclic N) is 1. The summed E-state index contributed by atoms with van der Waals surface area (Å²) in [5.41, 5.74) is 3.55.